The smallest absolute Gasteiger partial charge is 0.328 e. The lowest BCUT2D eigenvalue weighted by molar-refractivity contribution is -0.131. The number of benzene rings is 1. The van der Waals surface area contributed by atoms with Gasteiger partial charge in [0.25, 0.3) is 0 Å². The largest absolute Gasteiger partial charge is 0.478 e. The number of hydrogen-bond acceptors (Lipinski definition) is 1. The summed E-state index contributed by atoms with van der Waals surface area (Å²) in [6.07, 6.45) is 0. The van der Waals surface area contributed by atoms with Crippen molar-refractivity contribution >= 4 is 12.0 Å². The van der Waals surface area contributed by atoms with E-state index in [-0.39, 0.29) is 6.05 Å². The van der Waals surface area contributed by atoms with Gasteiger partial charge in [-0.15, -0.1) is 0 Å². The molecule has 1 rings (SSSR count). The zero-order chi connectivity index (χ0) is 9.84. The highest BCUT2D eigenvalue weighted by Crippen LogP contribution is 1.99. The van der Waals surface area contributed by atoms with Crippen LogP contribution in [-0.4, -0.2) is 11.1 Å². The van der Waals surface area contributed by atoms with E-state index in [2.05, 4.69) is 0 Å². The number of aliphatic carboxylic acids is 1. The average Bonchev–Trinajstić information content (AvgIpc) is 2.17. The highest BCUT2D eigenvalue weighted by molar-refractivity contribution is 5.85. The molecule has 0 unspecified atom stereocenters. The summed E-state index contributed by atoms with van der Waals surface area (Å²) < 4.78 is 14.4. The molecule has 0 heterocycles. The molecule has 0 spiro atoms. The normalized spacial score (nSPS) is 14.5. The summed E-state index contributed by atoms with van der Waals surface area (Å²) >= 11 is 0. The Hall–Kier alpha value is -1.57. The van der Waals surface area contributed by atoms with Crippen LogP contribution in [0.4, 0.5) is 0 Å². The average molecular weight is 150 g/mol. The Morgan fingerprint density at radius 3 is 2.64 bits per heavy atom. The summed E-state index contributed by atoms with van der Waals surface area (Å²) in [5.41, 5.74) is 0.440. The van der Waals surface area contributed by atoms with Gasteiger partial charge >= 0.3 is 5.97 Å². The zero-order valence-corrected chi connectivity index (χ0v) is 5.74. The van der Waals surface area contributed by atoms with E-state index in [9.17, 15) is 4.79 Å². The maximum Gasteiger partial charge on any atom is 0.328 e. The Morgan fingerprint density at radius 2 is 2.09 bits per heavy atom. The Kier molecular flexibility index (Phi) is 1.66. The van der Waals surface area contributed by atoms with E-state index in [0.717, 1.165) is 0 Å². The predicted molar refractivity (Wildman–Crippen MR) is 43.1 cm³/mol. The van der Waals surface area contributed by atoms with Crippen molar-refractivity contribution < 1.29 is 12.6 Å². The van der Waals surface area contributed by atoms with E-state index >= 15 is 0 Å². The molecule has 0 aliphatic rings. The number of carbonyl (C=O) groups is 1. The summed E-state index contributed by atoms with van der Waals surface area (Å²) in [5.74, 6) is -1.38. The molecule has 56 valence electrons. The van der Waals surface area contributed by atoms with Gasteiger partial charge in [0.05, 0.1) is 2.74 Å². The standard InChI is InChI=1S/C9H8O2/c10-9(11)7-6-8-4-2-1-3-5-8/h1-7H,(H,10,11)/b7-6+/i6D,7D. The molecule has 0 bridgehead atoms. The highest BCUT2D eigenvalue weighted by Gasteiger charge is 1.85. The third-order valence-electron chi connectivity index (χ3n) is 1.09. The highest BCUT2D eigenvalue weighted by atomic mass is 16.4. The van der Waals surface area contributed by atoms with Crippen LogP contribution < -0.4 is 0 Å². The first kappa shape index (κ1) is 5.13. The molecular weight excluding hydrogens is 140 g/mol. The Labute approximate surface area is 67.6 Å². The molecule has 1 aromatic rings. The van der Waals surface area contributed by atoms with E-state index in [1.54, 1.807) is 30.3 Å². The summed E-state index contributed by atoms with van der Waals surface area (Å²) in [7, 11) is 0. The van der Waals surface area contributed by atoms with E-state index in [4.69, 9.17) is 7.85 Å². The summed E-state index contributed by atoms with van der Waals surface area (Å²) in [6.45, 7) is 0. The van der Waals surface area contributed by atoms with Gasteiger partial charge in [-0.2, -0.15) is 0 Å². The van der Waals surface area contributed by atoms with Crippen molar-refractivity contribution in [3.8, 4) is 0 Å². The van der Waals surface area contributed by atoms with Crippen LogP contribution >= 0.6 is 0 Å². The first-order chi connectivity index (χ1) is 6.13. The Bertz CT molecular complexity index is 344. The SMILES string of the molecule is [2H]/C(C(=O)O)=C(/[2H])c1ccccc1. The van der Waals surface area contributed by atoms with Crippen molar-refractivity contribution in [1.82, 2.24) is 0 Å². The zero-order valence-electron chi connectivity index (χ0n) is 7.74. The Morgan fingerprint density at radius 1 is 1.45 bits per heavy atom. The number of carboxylic acid groups (broad SMARTS) is 1. The van der Waals surface area contributed by atoms with Crippen molar-refractivity contribution in [2.45, 2.75) is 0 Å². The molecule has 0 amide bonds. The molecule has 0 saturated heterocycles. The molecule has 0 aliphatic heterocycles. The van der Waals surface area contributed by atoms with Crippen LogP contribution in [0.15, 0.2) is 36.4 Å². The lowest BCUT2D eigenvalue weighted by Crippen LogP contribution is -1.85. The third-order valence-corrected chi connectivity index (χ3v) is 1.09. The van der Waals surface area contributed by atoms with Crippen LogP contribution in [0, 0.1) is 0 Å². The lowest BCUT2D eigenvalue weighted by atomic mass is 10.2. The third kappa shape index (κ3) is 2.67. The van der Waals surface area contributed by atoms with Crippen LogP contribution in [0.1, 0.15) is 8.30 Å². The second-order valence-corrected chi connectivity index (χ2v) is 1.92. The number of rotatable bonds is 2. The molecular formula is C9H8O2. The fraction of sp³-hybridized carbons (Fsp3) is 0. The quantitative estimate of drug-likeness (QED) is 0.652. The van der Waals surface area contributed by atoms with Crippen molar-refractivity contribution in [3.63, 3.8) is 0 Å². The minimum atomic E-state index is -1.38. The fourth-order valence-corrected chi connectivity index (χ4v) is 0.647. The van der Waals surface area contributed by atoms with E-state index in [1.807, 2.05) is 0 Å². The van der Waals surface area contributed by atoms with Gasteiger partial charge in [0.15, 0.2) is 0 Å². The van der Waals surface area contributed by atoms with Gasteiger partial charge in [-0.05, 0) is 11.6 Å². The molecule has 2 heteroatoms. The first-order valence-corrected chi connectivity index (χ1v) is 3.09. The molecule has 0 saturated carbocycles. The predicted octanol–water partition coefficient (Wildman–Crippen LogP) is 1.78. The molecule has 0 aliphatic carbocycles. The van der Waals surface area contributed by atoms with Crippen molar-refractivity contribution in [2.75, 3.05) is 0 Å². The van der Waals surface area contributed by atoms with E-state index in [0.29, 0.717) is 5.56 Å². The summed E-state index contributed by atoms with van der Waals surface area (Å²) in [5, 5.41) is 8.45. The maximum absolute atomic E-state index is 10.3. The summed E-state index contributed by atoms with van der Waals surface area (Å²) in [6, 6.07) is 7.39. The molecule has 1 N–H and O–H groups in total. The molecule has 0 aromatic heterocycles. The summed E-state index contributed by atoms with van der Waals surface area (Å²) in [4.78, 5) is 10.3. The van der Waals surface area contributed by atoms with Gasteiger partial charge in [-0.1, -0.05) is 30.3 Å². The number of carboxylic acids is 1. The van der Waals surface area contributed by atoms with Gasteiger partial charge in [-0.25, -0.2) is 4.79 Å². The van der Waals surface area contributed by atoms with Crippen LogP contribution in [0.25, 0.3) is 6.05 Å². The monoisotopic (exact) mass is 150 g/mol. The Balaban J connectivity index is 3.11. The molecule has 11 heavy (non-hydrogen) atoms. The maximum atomic E-state index is 10.3. The fourth-order valence-electron chi connectivity index (χ4n) is 0.647. The topological polar surface area (TPSA) is 37.3 Å². The first-order valence-electron chi connectivity index (χ1n) is 4.09. The van der Waals surface area contributed by atoms with Gasteiger partial charge in [-0.3, -0.25) is 0 Å². The molecule has 0 radical (unpaired) electrons. The minimum Gasteiger partial charge on any atom is -0.478 e. The van der Waals surface area contributed by atoms with Gasteiger partial charge in [0, 0.05) is 6.05 Å². The van der Waals surface area contributed by atoms with E-state index in [1.165, 1.54) is 0 Å². The molecule has 2 nitrogen and oxygen atoms in total. The van der Waals surface area contributed by atoms with Crippen LogP contribution in [0.2, 0.25) is 0 Å². The van der Waals surface area contributed by atoms with Crippen molar-refractivity contribution in [1.29, 1.82) is 0 Å². The minimum absolute atomic E-state index is 0.270. The van der Waals surface area contributed by atoms with Crippen LogP contribution in [0.3, 0.4) is 0 Å². The van der Waals surface area contributed by atoms with Gasteiger partial charge in [0.2, 0.25) is 0 Å². The molecule has 1 aromatic carbocycles. The lowest BCUT2D eigenvalue weighted by Gasteiger charge is -1.87. The van der Waals surface area contributed by atoms with Crippen LogP contribution in [-0.2, 0) is 4.79 Å². The van der Waals surface area contributed by atoms with Gasteiger partial charge in [0.1, 0.15) is 0 Å². The van der Waals surface area contributed by atoms with Crippen LogP contribution in [0.5, 0.6) is 0 Å². The number of hydrogen-bond donors (Lipinski definition) is 1. The van der Waals surface area contributed by atoms with E-state index < -0.39 is 12.0 Å². The van der Waals surface area contributed by atoms with Crippen molar-refractivity contribution in [3.05, 3.63) is 41.9 Å². The molecule has 0 fully saturated rings. The second-order valence-electron chi connectivity index (χ2n) is 1.92. The molecule has 0 atom stereocenters. The second kappa shape index (κ2) is 3.56. The van der Waals surface area contributed by atoms with Gasteiger partial charge < -0.3 is 5.11 Å². The van der Waals surface area contributed by atoms with Crippen molar-refractivity contribution in [2.24, 2.45) is 0 Å².